The van der Waals surface area contributed by atoms with Crippen LogP contribution in [0.2, 0.25) is 0 Å². The molecule has 1 aliphatic carbocycles. The smallest absolute Gasteiger partial charge is 0.230 e. The Hall–Kier alpha value is -2.13. The van der Waals surface area contributed by atoms with Gasteiger partial charge in [0.15, 0.2) is 0 Å². The lowest BCUT2D eigenvalue weighted by atomic mass is 9.95. The Kier molecular flexibility index (Phi) is 4.49. The first-order valence-corrected chi connectivity index (χ1v) is 8.17. The predicted octanol–water partition coefficient (Wildman–Crippen LogP) is 3.10. The maximum Gasteiger partial charge on any atom is 0.230 e. The molecule has 3 rings (SSSR count). The summed E-state index contributed by atoms with van der Waals surface area (Å²) in [5.41, 5.74) is 3.30. The lowest BCUT2D eigenvalue weighted by Crippen LogP contribution is -2.34. The van der Waals surface area contributed by atoms with Gasteiger partial charge in [0.05, 0.1) is 5.41 Å². The molecule has 0 aromatic heterocycles. The average Bonchev–Trinajstić information content (AvgIpc) is 3.36. The van der Waals surface area contributed by atoms with E-state index in [0.29, 0.717) is 6.54 Å². The molecule has 0 heterocycles. The van der Waals surface area contributed by atoms with Crippen molar-refractivity contribution in [1.29, 1.82) is 0 Å². The Bertz CT molecular complexity index is 675. The van der Waals surface area contributed by atoms with Crippen LogP contribution in [-0.2, 0) is 23.3 Å². The second kappa shape index (κ2) is 6.55. The van der Waals surface area contributed by atoms with E-state index in [1.807, 2.05) is 24.3 Å². The minimum absolute atomic E-state index is 0.156. The predicted molar refractivity (Wildman–Crippen MR) is 93.0 cm³/mol. The Labute approximate surface area is 138 Å². The van der Waals surface area contributed by atoms with Crippen LogP contribution < -0.4 is 5.32 Å². The van der Waals surface area contributed by atoms with Crippen LogP contribution in [0, 0.1) is 0 Å². The first-order valence-electron chi connectivity index (χ1n) is 8.17. The van der Waals surface area contributed by atoms with Crippen molar-refractivity contribution in [2.24, 2.45) is 0 Å². The molecule has 1 fully saturated rings. The second-order valence-electron chi connectivity index (χ2n) is 6.64. The highest BCUT2D eigenvalue weighted by atomic mass is 16.2. The van der Waals surface area contributed by atoms with Crippen molar-refractivity contribution < 1.29 is 4.79 Å². The van der Waals surface area contributed by atoms with Gasteiger partial charge in [-0.05, 0) is 43.6 Å². The van der Waals surface area contributed by atoms with Gasteiger partial charge in [0, 0.05) is 13.1 Å². The minimum Gasteiger partial charge on any atom is -0.351 e. The van der Waals surface area contributed by atoms with Gasteiger partial charge in [0.25, 0.3) is 0 Å². The Morgan fingerprint density at radius 1 is 1.00 bits per heavy atom. The number of rotatable bonds is 6. The summed E-state index contributed by atoms with van der Waals surface area (Å²) >= 11 is 0. The molecule has 2 aromatic rings. The molecule has 0 saturated heterocycles. The lowest BCUT2D eigenvalue weighted by Gasteiger charge is -2.18. The average molecular weight is 308 g/mol. The van der Waals surface area contributed by atoms with Gasteiger partial charge >= 0.3 is 0 Å². The molecule has 0 bridgehead atoms. The molecule has 1 amide bonds. The number of benzene rings is 2. The monoisotopic (exact) mass is 308 g/mol. The van der Waals surface area contributed by atoms with E-state index in [0.717, 1.165) is 24.9 Å². The van der Waals surface area contributed by atoms with Crippen LogP contribution in [0.25, 0.3) is 0 Å². The summed E-state index contributed by atoms with van der Waals surface area (Å²) in [7, 11) is 4.12. The summed E-state index contributed by atoms with van der Waals surface area (Å²) < 4.78 is 0. The molecular weight excluding hydrogens is 284 g/mol. The topological polar surface area (TPSA) is 32.3 Å². The van der Waals surface area contributed by atoms with Gasteiger partial charge < -0.3 is 10.2 Å². The Morgan fingerprint density at radius 2 is 1.61 bits per heavy atom. The van der Waals surface area contributed by atoms with Gasteiger partial charge in [-0.15, -0.1) is 0 Å². The highest BCUT2D eigenvalue weighted by Gasteiger charge is 2.50. The third-order valence-electron chi connectivity index (χ3n) is 4.56. The van der Waals surface area contributed by atoms with Gasteiger partial charge in [-0.1, -0.05) is 54.6 Å². The minimum atomic E-state index is -0.294. The fourth-order valence-corrected chi connectivity index (χ4v) is 3.10. The zero-order chi connectivity index (χ0) is 16.3. The molecule has 0 aliphatic heterocycles. The first kappa shape index (κ1) is 15.8. The molecule has 3 nitrogen and oxygen atoms in total. The summed E-state index contributed by atoms with van der Waals surface area (Å²) in [6, 6.07) is 18.5. The van der Waals surface area contributed by atoms with E-state index in [1.165, 1.54) is 11.1 Å². The van der Waals surface area contributed by atoms with Crippen molar-refractivity contribution in [2.75, 3.05) is 14.1 Å². The molecule has 1 aliphatic rings. The van der Waals surface area contributed by atoms with E-state index in [-0.39, 0.29) is 11.3 Å². The Balaban J connectivity index is 1.69. The summed E-state index contributed by atoms with van der Waals surface area (Å²) in [5, 5.41) is 3.16. The zero-order valence-electron chi connectivity index (χ0n) is 13.9. The van der Waals surface area contributed by atoms with Gasteiger partial charge in [0.1, 0.15) is 0 Å². The lowest BCUT2D eigenvalue weighted by molar-refractivity contribution is -0.123. The maximum absolute atomic E-state index is 12.7. The molecule has 3 heteroatoms. The van der Waals surface area contributed by atoms with Crippen molar-refractivity contribution in [3.8, 4) is 0 Å². The molecule has 1 saturated carbocycles. The van der Waals surface area contributed by atoms with E-state index in [4.69, 9.17) is 0 Å². The molecule has 0 atom stereocenters. The summed E-state index contributed by atoms with van der Waals surface area (Å²) in [4.78, 5) is 14.9. The molecule has 0 unspecified atom stereocenters. The Morgan fingerprint density at radius 3 is 2.22 bits per heavy atom. The number of carbonyl (C=O) groups is 1. The number of carbonyl (C=O) groups excluding carboxylic acids is 1. The van der Waals surface area contributed by atoms with E-state index in [1.54, 1.807) is 0 Å². The number of amides is 1. The van der Waals surface area contributed by atoms with Crippen molar-refractivity contribution in [1.82, 2.24) is 10.2 Å². The van der Waals surface area contributed by atoms with Crippen molar-refractivity contribution in [3.63, 3.8) is 0 Å². The molecule has 1 N–H and O–H groups in total. The maximum atomic E-state index is 12.7. The van der Waals surface area contributed by atoms with Crippen LogP contribution >= 0.6 is 0 Å². The molecule has 120 valence electrons. The SMILES string of the molecule is CN(C)Cc1ccccc1CNC(=O)C1(c2ccccc2)CC1. The van der Waals surface area contributed by atoms with Crippen LogP contribution in [0.4, 0.5) is 0 Å². The van der Waals surface area contributed by atoms with Gasteiger partial charge in [0.2, 0.25) is 5.91 Å². The van der Waals surface area contributed by atoms with Crippen LogP contribution in [0.1, 0.15) is 29.5 Å². The number of nitrogens with one attached hydrogen (secondary N) is 1. The number of hydrogen-bond acceptors (Lipinski definition) is 2. The van der Waals surface area contributed by atoms with Crippen molar-refractivity contribution in [2.45, 2.75) is 31.3 Å². The fraction of sp³-hybridized carbons (Fsp3) is 0.350. The van der Waals surface area contributed by atoms with E-state index >= 15 is 0 Å². The van der Waals surface area contributed by atoms with E-state index in [2.05, 4.69) is 54.6 Å². The van der Waals surface area contributed by atoms with Crippen LogP contribution in [0.5, 0.6) is 0 Å². The first-order chi connectivity index (χ1) is 11.1. The number of hydrogen-bond donors (Lipinski definition) is 1. The van der Waals surface area contributed by atoms with Crippen LogP contribution in [0.3, 0.4) is 0 Å². The normalized spacial score (nSPS) is 15.4. The van der Waals surface area contributed by atoms with Gasteiger partial charge in [-0.25, -0.2) is 0 Å². The van der Waals surface area contributed by atoms with Crippen molar-refractivity contribution >= 4 is 5.91 Å². The van der Waals surface area contributed by atoms with Crippen LogP contribution in [0.15, 0.2) is 54.6 Å². The summed E-state index contributed by atoms with van der Waals surface area (Å²) in [6.45, 7) is 1.48. The standard InChI is InChI=1S/C20H24N2O/c1-22(2)15-17-9-7-6-8-16(17)14-21-19(23)20(12-13-20)18-10-4-3-5-11-18/h3-11H,12-15H2,1-2H3,(H,21,23). The molecule has 0 radical (unpaired) electrons. The highest BCUT2D eigenvalue weighted by Crippen LogP contribution is 2.48. The molecule has 0 spiro atoms. The van der Waals surface area contributed by atoms with Crippen molar-refractivity contribution in [3.05, 3.63) is 71.3 Å². The zero-order valence-corrected chi connectivity index (χ0v) is 13.9. The molecule has 2 aromatic carbocycles. The second-order valence-corrected chi connectivity index (χ2v) is 6.64. The highest BCUT2D eigenvalue weighted by molar-refractivity contribution is 5.91. The number of nitrogens with zero attached hydrogens (tertiary/aromatic N) is 1. The largest absolute Gasteiger partial charge is 0.351 e. The van der Waals surface area contributed by atoms with E-state index < -0.39 is 0 Å². The molecule has 23 heavy (non-hydrogen) atoms. The van der Waals surface area contributed by atoms with Crippen LogP contribution in [-0.4, -0.2) is 24.9 Å². The quantitative estimate of drug-likeness (QED) is 0.889. The van der Waals surface area contributed by atoms with Gasteiger partial charge in [-0.3, -0.25) is 4.79 Å². The summed E-state index contributed by atoms with van der Waals surface area (Å²) in [6.07, 6.45) is 1.89. The summed E-state index contributed by atoms with van der Waals surface area (Å²) in [5.74, 6) is 0.156. The third kappa shape index (κ3) is 3.45. The van der Waals surface area contributed by atoms with E-state index in [9.17, 15) is 4.79 Å². The van der Waals surface area contributed by atoms with Gasteiger partial charge in [-0.2, -0.15) is 0 Å². The fourth-order valence-electron chi connectivity index (χ4n) is 3.10. The molecular formula is C20H24N2O. The third-order valence-corrected chi connectivity index (χ3v) is 4.56.